The number of rotatable bonds is 4. The fourth-order valence-corrected chi connectivity index (χ4v) is 3.39. The minimum absolute atomic E-state index is 0.562. The van der Waals surface area contributed by atoms with Gasteiger partial charge in [0.1, 0.15) is 17.4 Å². The maximum atomic E-state index is 13.3. The highest BCUT2D eigenvalue weighted by molar-refractivity contribution is 5.79. The number of hydrogen-bond donors (Lipinski definition) is 0. The molecule has 2 aromatic rings. The van der Waals surface area contributed by atoms with Crippen LogP contribution in [-0.4, -0.2) is 42.9 Å². The molecule has 1 saturated heterocycles. The van der Waals surface area contributed by atoms with Gasteiger partial charge in [-0.2, -0.15) is 0 Å². The fourth-order valence-electron chi connectivity index (χ4n) is 3.39. The summed E-state index contributed by atoms with van der Waals surface area (Å²) in [5, 5.41) is 0. The summed E-state index contributed by atoms with van der Waals surface area (Å²) in [5.41, 5.74) is 0.718. The van der Waals surface area contributed by atoms with Crippen LogP contribution >= 0.6 is 0 Å². The first-order chi connectivity index (χ1) is 14.2. The van der Waals surface area contributed by atoms with Gasteiger partial charge in [0.05, 0.1) is 14.2 Å². The Hall–Kier alpha value is -3.06. The van der Waals surface area contributed by atoms with Crippen molar-refractivity contribution in [3.05, 3.63) is 65.7 Å². The Labute approximate surface area is 176 Å². The first-order valence-corrected chi connectivity index (χ1v) is 9.68. The zero-order valence-corrected chi connectivity index (χ0v) is 17.8. The molecule has 1 fully saturated rings. The van der Waals surface area contributed by atoms with Crippen molar-refractivity contribution in [2.45, 2.75) is 44.7 Å². The molecule has 3 rings (SSSR count). The smallest absolute Gasteiger partial charge is 0.413 e. The molecule has 7 heteroatoms. The van der Waals surface area contributed by atoms with Gasteiger partial charge in [0.2, 0.25) is 0 Å². The molecule has 0 aromatic heterocycles. The zero-order valence-electron chi connectivity index (χ0n) is 17.8. The summed E-state index contributed by atoms with van der Waals surface area (Å²) in [6.45, 7) is 5.37. The number of ether oxygens (including phenoxy) is 4. The molecular weight excluding hydrogens is 386 g/mol. The maximum Gasteiger partial charge on any atom is 0.413 e. The molecule has 3 atom stereocenters. The van der Waals surface area contributed by atoms with Gasteiger partial charge in [-0.05, 0) is 38.5 Å². The van der Waals surface area contributed by atoms with Gasteiger partial charge in [-0.25, -0.2) is 9.59 Å². The quantitative estimate of drug-likeness (QED) is 0.698. The molecule has 0 radical (unpaired) electrons. The van der Waals surface area contributed by atoms with Crippen LogP contribution in [0.1, 0.15) is 44.2 Å². The number of esters is 1. The summed E-state index contributed by atoms with van der Waals surface area (Å²) >= 11 is 0. The Kier molecular flexibility index (Phi) is 6.31. The van der Waals surface area contributed by atoms with E-state index in [1.54, 1.807) is 52.1 Å². The molecule has 1 aliphatic rings. The second-order valence-electron chi connectivity index (χ2n) is 7.95. The van der Waals surface area contributed by atoms with Crippen LogP contribution in [0.15, 0.2) is 54.6 Å². The van der Waals surface area contributed by atoms with E-state index in [1.165, 1.54) is 12.0 Å². The summed E-state index contributed by atoms with van der Waals surface area (Å²) in [5.74, 6) is 0.109. The lowest BCUT2D eigenvalue weighted by atomic mass is 10.0. The van der Waals surface area contributed by atoms with Crippen molar-refractivity contribution < 1.29 is 28.5 Å². The highest BCUT2D eigenvalue weighted by Gasteiger charge is 2.51. The molecule has 1 aliphatic heterocycles. The summed E-state index contributed by atoms with van der Waals surface area (Å²) in [4.78, 5) is 27.3. The third-order valence-corrected chi connectivity index (χ3v) is 4.69. The van der Waals surface area contributed by atoms with Gasteiger partial charge in [0, 0.05) is 5.56 Å². The number of nitrogens with zero attached hydrogens (tertiary/aromatic N) is 1. The van der Waals surface area contributed by atoms with E-state index in [4.69, 9.17) is 18.9 Å². The van der Waals surface area contributed by atoms with Crippen molar-refractivity contribution in [3.8, 4) is 5.75 Å². The molecule has 1 amide bonds. The molecule has 3 unspecified atom stereocenters. The average molecular weight is 413 g/mol. The Morgan fingerprint density at radius 2 is 1.57 bits per heavy atom. The Bertz CT molecular complexity index is 875. The first-order valence-electron chi connectivity index (χ1n) is 9.68. The van der Waals surface area contributed by atoms with E-state index in [2.05, 4.69) is 0 Å². The number of methoxy groups -OCH3 is 2. The predicted octanol–water partition coefficient (Wildman–Crippen LogP) is 4.24. The second-order valence-corrected chi connectivity index (χ2v) is 7.95. The van der Waals surface area contributed by atoms with E-state index in [0.717, 1.165) is 5.56 Å². The van der Waals surface area contributed by atoms with Crippen molar-refractivity contribution in [2.75, 3.05) is 14.2 Å². The van der Waals surface area contributed by atoms with Crippen molar-refractivity contribution >= 4 is 12.1 Å². The first kappa shape index (κ1) is 21.6. The van der Waals surface area contributed by atoms with E-state index < -0.39 is 36.0 Å². The molecule has 160 valence electrons. The average Bonchev–Trinajstić information content (AvgIpc) is 3.13. The van der Waals surface area contributed by atoms with Crippen LogP contribution in [0.5, 0.6) is 5.75 Å². The topological polar surface area (TPSA) is 74.3 Å². The minimum atomic E-state index is -1.00. The molecule has 30 heavy (non-hydrogen) atoms. The Morgan fingerprint density at radius 1 is 0.933 bits per heavy atom. The lowest BCUT2D eigenvalue weighted by molar-refractivity contribution is -0.154. The van der Waals surface area contributed by atoms with Crippen LogP contribution < -0.4 is 4.74 Å². The normalized spacial score (nSPS) is 21.2. The van der Waals surface area contributed by atoms with E-state index in [-0.39, 0.29) is 0 Å². The van der Waals surface area contributed by atoms with Gasteiger partial charge < -0.3 is 18.9 Å². The van der Waals surface area contributed by atoms with Gasteiger partial charge in [-0.1, -0.05) is 42.5 Å². The summed E-state index contributed by atoms with van der Waals surface area (Å²) in [6.07, 6.45) is -2.42. The number of amides is 1. The molecule has 0 saturated carbocycles. The van der Waals surface area contributed by atoms with Gasteiger partial charge in [0.25, 0.3) is 0 Å². The molecule has 2 aromatic carbocycles. The summed E-state index contributed by atoms with van der Waals surface area (Å²) in [6, 6.07) is 15.7. The second kappa shape index (κ2) is 8.75. The third kappa shape index (κ3) is 4.57. The van der Waals surface area contributed by atoms with Gasteiger partial charge in [0.15, 0.2) is 12.3 Å². The molecular formula is C23H27NO6. The van der Waals surface area contributed by atoms with Crippen molar-refractivity contribution in [1.82, 2.24) is 4.90 Å². The SMILES string of the molecule is COC(=O)C1OC(c2ccc(OC)cc2)N(C(=O)OC(C)(C)C)C1c1ccccc1. The highest BCUT2D eigenvalue weighted by Crippen LogP contribution is 2.44. The highest BCUT2D eigenvalue weighted by atomic mass is 16.6. The lowest BCUT2D eigenvalue weighted by Gasteiger charge is -2.31. The van der Waals surface area contributed by atoms with E-state index in [1.807, 2.05) is 30.3 Å². The lowest BCUT2D eigenvalue weighted by Crippen LogP contribution is -2.40. The van der Waals surface area contributed by atoms with Gasteiger partial charge >= 0.3 is 12.1 Å². The minimum Gasteiger partial charge on any atom is -0.497 e. The maximum absolute atomic E-state index is 13.3. The molecule has 0 bridgehead atoms. The number of carbonyl (C=O) groups excluding carboxylic acids is 2. The standard InChI is InChI=1S/C23H27NO6/c1-23(2,3)30-22(26)24-18(15-9-7-6-8-10-15)19(21(25)28-5)29-20(24)16-11-13-17(27-4)14-12-16/h6-14,18-20H,1-5H3. The molecule has 0 N–H and O–H groups in total. The van der Waals surface area contributed by atoms with Crippen LogP contribution in [0.3, 0.4) is 0 Å². The Balaban J connectivity index is 2.09. The van der Waals surface area contributed by atoms with Crippen molar-refractivity contribution in [1.29, 1.82) is 0 Å². The van der Waals surface area contributed by atoms with E-state index >= 15 is 0 Å². The zero-order chi connectivity index (χ0) is 21.9. The fraction of sp³-hybridized carbons (Fsp3) is 0.391. The van der Waals surface area contributed by atoms with E-state index in [0.29, 0.717) is 11.3 Å². The van der Waals surface area contributed by atoms with Gasteiger partial charge in [-0.15, -0.1) is 0 Å². The number of benzene rings is 2. The summed E-state index contributed by atoms with van der Waals surface area (Å²) in [7, 11) is 2.87. The van der Waals surface area contributed by atoms with Crippen LogP contribution in [0.4, 0.5) is 4.79 Å². The largest absolute Gasteiger partial charge is 0.497 e. The molecule has 0 spiro atoms. The van der Waals surface area contributed by atoms with Gasteiger partial charge in [-0.3, -0.25) is 4.90 Å². The molecule has 1 heterocycles. The molecule has 7 nitrogen and oxygen atoms in total. The summed E-state index contributed by atoms with van der Waals surface area (Å²) < 4.78 is 22.0. The van der Waals surface area contributed by atoms with Crippen molar-refractivity contribution in [2.24, 2.45) is 0 Å². The van der Waals surface area contributed by atoms with Crippen molar-refractivity contribution in [3.63, 3.8) is 0 Å². The monoisotopic (exact) mass is 413 g/mol. The van der Waals surface area contributed by atoms with E-state index in [9.17, 15) is 9.59 Å². The van der Waals surface area contributed by atoms with Crippen LogP contribution in [0, 0.1) is 0 Å². The number of hydrogen-bond acceptors (Lipinski definition) is 6. The van der Waals surface area contributed by atoms with Crippen LogP contribution in [0.25, 0.3) is 0 Å². The third-order valence-electron chi connectivity index (χ3n) is 4.69. The molecule has 0 aliphatic carbocycles. The predicted molar refractivity (Wildman–Crippen MR) is 110 cm³/mol. The number of carbonyl (C=O) groups is 2. The Morgan fingerprint density at radius 3 is 2.10 bits per heavy atom. The van der Waals surface area contributed by atoms with Crippen LogP contribution in [0.2, 0.25) is 0 Å². The van der Waals surface area contributed by atoms with Crippen LogP contribution in [-0.2, 0) is 19.0 Å².